The number of rotatable bonds is 3. The summed E-state index contributed by atoms with van der Waals surface area (Å²) in [5.74, 6) is 0.00762. The molecule has 1 aliphatic rings. The van der Waals surface area contributed by atoms with Crippen LogP contribution in [-0.2, 0) is 10.3 Å². The van der Waals surface area contributed by atoms with E-state index in [0.717, 1.165) is 36.2 Å². The Labute approximate surface area is 159 Å². The summed E-state index contributed by atoms with van der Waals surface area (Å²) in [6.45, 7) is 9.51. The molecule has 4 nitrogen and oxygen atoms in total. The van der Waals surface area contributed by atoms with Crippen molar-refractivity contribution in [1.29, 1.82) is 0 Å². The Hall–Kier alpha value is -0.330. The van der Waals surface area contributed by atoms with E-state index in [2.05, 4.69) is 34.7 Å². The van der Waals surface area contributed by atoms with Gasteiger partial charge in [-0.1, -0.05) is 28.1 Å². The second kappa shape index (κ2) is 9.23. The van der Waals surface area contributed by atoms with Crippen LogP contribution in [0, 0.1) is 0 Å². The van der Waals surface area contributed by atoms with Gasteiger partial charge in [-0.05, 0) is 38.5 Å². The van der Waals surface area contributed by atoms with Crippen LogP contribution >= 0.6 is 40.7 Å². The summed E-state index contributed by atoms with van der Waals surface area (Å²) < 4.78 is 0.986. The maximum absolute atomic E-state index is 12.8. The molecule has 1 unspecified atom stereocenters. The summed E-state index contributed by atoms with van der Waals surface area (Å²) in [5, 5.41) is 0. The lowest BCUT2D eigenvalue weighted by Gasteiger charge is -2.40. The lowest BCUT2D eigenvalue weighted by molar-refractivity contribution is -0.138. The van der Waals surface area contributed by atoms with Gasteiger partial charge in [0.1, 0.15) is 5.54 Å². The second-order valence-corrected chi connectivity index (χ2v) is 7.05. The Morgan fingerprint density at radius 2 is 1.61 bits per heavy atom. The molecule has 1 aromatic carbocycles. The van der Waals surface area contributed by atoms with Gasteiger partial charge in [0.15, 0.2) is 0 Å². The molecule has 0 aliphatic carbocycles. The zero-order valence-corrected chi connectivity index (χ0v) is 17.0. The maximum Gasteiger partial charge on any atom is 0.247 e. The largest absolute Gasteiger partial charge is 0.338 e. The van der Waals surface area contributed by atoms with E-state index in [0.29, 0.717) is 6.04 Å². The van der Waals surface area contributed by atoms with Crippen molar-refractivity contribution in [3.63, 3.8) is 0 Å². The van der Waals surface area contributed by atoms with Crippen molar-refractivity contribution >= 4 is 46.7 Å². The molecule has 1 amide bonds. The van der Waals surface area contributed by atoms with Crippen molar-refractivity contribution in [2.24, 2.45) is 5.73 Å². The van der Waals surface area contributed by atoms with Crippen molar-refractivity contribution in [3.8, 4) is 0 Å². The normalized spacial score (nSPS) is 17.9. The Morgan fingerprint density at radius 3 is 2.04 bits per heavy atom. The second-order valence-electron chi connectivity index (χ2n) is 6.13. The van der Waals surface area contributed by atoms with Gasteiger partial charge in [-0.2, -0.15) is 0 Å². The molecule has 1 fully saturated rings. The quantitative estimate of drug-likeness (QED) is 0.807. The number of halogens is 3. The van der Waals surface area contributed by atoms with E-state index in [1.54, 1.807) is 6.92 Å². The van der Waals surface area contributed by atoms with E-state index in [1.165, 1.54) is 0 Å². The van der Waals surface area contributed by atoms with Gasteiger partial charge in [0.2, 0.25) is 5.91 Å². The topological polar surface area (TPSA) is 49.6 Å². The molecule has 0 saturated carbocycles. The highest BCUT2D eigenvalue weighted by molar-refractivity contribution is 9.10. The Morgan fingerprint density at radius 1 is 1.13 bits per heavy atom. The van der Waals surface area contributed by atoms with Crippen molar-refractivity contribution in [2.45, 2.75) is 32.4 Å². The molecule has 0 radical (unpaired) electrons. The van der Waals surface area contributed by atoms with Crippen LogP contribution in [0.15, 0.2) is 28.7 Å². The summed E-state index contributed by atoms with van der Waals surface area (Å²) in [6.07, 6.45) is 0. The number of nitrogens with two attached hydrogens (primary N) is 1. The first kappa shape index (κ1) is 22.7. The molecule has 0 spiro atoms. The van der Waals surface area contributed by atoms with Crippen molar-refractivity contribution < 1.29 is 4.79 Å². The average molecular weight is 427 g/mol. The smallest absolute Gasteiger partial charge is 0.247 e. The van der Waals surface area contributed by atoms with Gasteiger partial charge >= 0.3 is 0 Å². The van der Waals surface area contributed by atoms with E-state index in [9.17, 15) is 4.79 Å². The van der Waals surface area contributed by atoms with E-state index in [4.69, 9.17) is 5.73 Å². The fraction of sp³-hybridized carbons (Fsp3) is 0.562. The first-order valence-corrected chi connectivity index (χ1v) is 8.20. The fourth-order valence-electron chi connectivity index (χ4n) is 2.69. The molecule has 1 aromatic rings. The van der Waals surface area contributed by atoms with Gasteiger partial charge in [0.05, 0.1) is 0 Å². The number of carbonyl (C=O) groups is 1. The van der Waals surface area contributed by atoms with Crippen molar-refractivity contribution in [3.05, 3.63) is 34.3 Å². The molecule has 2 N–H and O–H groups in total. The van der Waals surface area contributed by atoms with Crippen LogP contribution in [0.5, 0.6) is 0 Å². The van der Waals surface area contributed by atoms with Gasteiger partial charge in [-0.25, -0.2) is 0 Å². The molecule has 23 heavy (non-hydrogen) atoms. The predicted octanol–water partition coefficient (Wildman–Crippen LogP) is 3.02. The van der Waals surface area contributed by atoms with Gasteiger partial charge in [0.25, 0.3) is 0 Å². The van der Waals surface area contributed by atoms with Crippen LogP contribution in [0.3, 0.4) is 0 Å². The third-order valence-electron chi connectivity index (χ3n) is 4.22. The minimum Gasteiger partial charge on any atom is -0.338 e. The number of piperazine rings is 1. The SMILES string of the molecule is CC(C)N1CCN(C(=O)C(C)(N)c2ccc(Br)cc2)CC1.Cl.Cl. The highest BCUT2D eigenvalue weighted by atomic mass is 79.9. The number of nitrogens with zero attached hydrogens (tertiary/aromatic N) is 2. The van der Waals surface area contributed by atoms with Crippen molar-refractivity contribution in [1.82, 2.24) is 9.80 Å². The minimum atomic E-state index is -0.972. The van der Waals surface area contributed by atoms with Crippen LogP contribution in [0.2, 0.25) is 0 Å². The molecule has 1 heterocycles. The van der Waals surface area contributed by atoms with Crippen LogP contribution in [0.25, 0.3) is 0 Å². The average Bonchev–Trinajstić information content (AvgIpc) is 2.47. The Bertz CT molecular complexity index is 501. The summed E-state index contributed by atoms with van der Waals surface area (Å²) in [5.41, 5.74) is 6.21. The van der Waals surface area contributed by atoms with Crippen LogP contribution in [0.4, 0.5) is 0 Å². The van der Waals surface area contributed by atoms with E-state index in [-0.39, 0.29) is 30.7 Å². The zero-order valence-electron chi connectivity index (χ0n) is 13.8. The monoisotopic (exact) mass is 425 g/mol. The summed E-state index contributed by atoms with van der Waals surface area (Å²) >= 11 is 3.40. The minimum absolute atomic E-state index is 0. The number of amides is 1. The summed E-state index contributed by atoms with van der Waals surface area (Å²) in [7, 11) is 0. The highest BCUT2D eigenvalue weighted by Crippen LogP contribution is 2.23. The molecule has 132 valence electrons. The maximum atomic E-state index is 12.8. The van der Waals surface area contributed by atoms with Crippen LogP contribution < -0.4 is 5.73 Å². The number of benzene rings is 1. The molecule has 0 aromatic heterocycles. The molecule has 1 saturated heterocycles. The zero-order chi connectivity index (χ0) is 15.6. The van der Waals surface area contributed by atoms with Gasteiger partial charge < -0.3 is 10.6 Å². The molecule has 0 bridgehead atoms. The van der Waals surface area contributed by atoms with Crippen LogP contribution in [-0.4, -0.2) is 47.9 Å². The van der Waals surface area contributed by atoms with Gasteiger partial charge in [-0.3, -0.25) is 9.69 Å². The fourth-order valence-corrected chi connectivity index (χ4v) is 2.95. The summed E-state index contributed by atoms with van der Waals surface area (Å²) in [4.78, 5) is 17.0. The summed E-state index contributed by atoms with van der Waals surface area (Å²) in [6, 6.07) is 8.19. The molecule has 1 atom stereocenters. The third-order valence-corrected chi connectivity index (χ3v) is 4.75. The van der Waals surface area contributed by atoms with E-state index in [1.807, 2.05) is 29.2 Å². The van der Waals surface area contributed by atoms with Crippen LogP contribution in [0.1, 0.15) is 26.3 Å². The van der Waals surface area contributed by atoms with E-state index < -0.39 is 5.54 Å². The van der Waals surface area contributed by atoms with Gasteiger partial charge in [0, 0.05) is 36.7 Å². The Kier molecular flexibility index (Phi) is 9.10. The van der Waals surface area contributed by atoms with Gasteiger partial charge in [-0.15, -0.1) is 24.8 Å². The molecule has 7 heteroatoms. The number of hydrogen-bond donors (Lipinski definition) is 1. The van der Waals surface area contributed by atoms with Crippen molar-refractivity contribution in [2.75, 3.05) is 26.2 Å². The Balaban J connectivity index is 0.00000242. The molecular formula is C16H26BrCl2N3O. The van der Waals surface area contributed by atoms with E-state index >= 15 is 0 Å². The predicted molar refractivity (Wildman–Crippen MR) is 103 cm³/mol. The molecule has 1 aliphatic heterocycles. The lowest BCUT2D eigenvalue weighted by atomic mass is 9.91. The molecular weight excluding hydrogens is 401 g/mol. The number of carbonyl (C=O) groups excluding carboxylic acids is 1. The highest BCUT2D eigenvalue weighted by Gasteiger charge is 2.35. The first-order chi connectivity index (χ1) is 9.82. The number of hydrogen-bond acceptors (Lipinski definition) is 3. The molecule has 2 rings (SSSR count). The standard InChI is InChI=1S/C16H24BrN3O.2ClH/c1-12(2)19-8-10-20(11-9-19)15(21)16(3,18)13-4-6-14(17)7-5-13;;/h4-7,12H,8-11,18H2,1-3H3;2*1H. The first-order valence-electron chi connectivity index (χ1n) is 7.40. The lowest BCUT2D eigenvalue weighted by Crippen LogP contribution is -2.57. The third kappa shape index (κ3) is 5.33.